The number of nitrogens with one attached hydrogen (secondary N) is 1. The van der Waals surface area contributed by atoms with E-state index in [1.807, 2.05) is 38.1 Å². The van der Waals surface area contributed by atoms with Crippen LogP contribution in [-0.2, 0) is 4.79 Å². The fourth-order valence-electron chi connectivity index (χ4n) is 1.33. The van der Waals surface area contributed by atoms with Crippen molar-refractivity contribution in [3.63, 3.8) is 0 Å². The number of carbonyl (C=O) groups is 1. The molecule has 0 aliphatic heterocycles. The highest BCUT2D eigenvalue weighted by molar-refractivity contribution is 6.32. The second-order valence-corrected chi connectivity index (χ2v) is 4.78. The summed E-state index contributed by atoms with van der Waals surface area (Å²) in [6.45, 7) is 3.34. The van der Waals surface area contributed by atoms with Crippen LogP contribution in [0.3, 0.4) is 0 Å². The number of hydrogen-bond donors (Lipinski definition) is 1. The molecule has 0 radical (unpaired) electrons. The van der Waals surface area contributed by atoms with Gasteiger partial charge < -0.3 is 15.0 Å². The molecule has 4 nitrogen and oxygen atoms in total. The molecule has 0 bridgehead atoms. The van der Waals surface area contributed by atoms with E-state index in [0.29, 0.717) is 17.3 Å². The van der Waals surface area contributed by atoms with E-state index in [1.165, 1.54) is 0 Å². The molecule has 1 rings (SSSR count). The van der Waals surface area contributed by atoms with Crippen molar-refractivity contribution < 1.29 is 9.53 Å². The summed E-state index contributed by atoms with van der Waals surface area (Å²) in [7, 11) is 3.91. The number of carbonyl (C=O) groups excluding carboxylic acids is 1. The third kappa shape index (κ3) is 5.38. The van der Waals surface area contributed by atoms with Crippen LogP contribution >= 0.6 is 11.6 Å². The SMILES string of the molecule is Cc1ccc(Cl)c(OCC(=O)NCCN(C)C)c1. The summed E-state index contributed by atoms with van der Waals surface area (Å²) in [6, 6.07) is 5.47. The Kier molecular flexibility index (Phi) is 5.95. The van der Waals surface area contributed by atoms with Crippen molar-refractivity contribution in [3.05, 3.63) is 28.8 Å². The minimum Gasteiger partial charge on any atom is -0.482 e. The number of rotatable bonds is 6. The fraction of sp³-hybridized carbons (Fsp3) is 0.462. The van der Waals surface area contributed by atoms with Crippen LogP contribution in [0.5, 0.6) is 5.75 Å². The van der Waals surface area contributed by atoms with Crippen molar-refractivity contribution in [2.24, 2.45) is 0 Å². The van der Waals surface area contributed by atoms with Gasteiger partial charge in [0, 0.05) is 13.1 Å². The van der Waals surface area contributed by atoms with Crippen LogP contribution in [-0.4, -0.2) is 44.6 Å². The molecule has 1 amide bonds. The van der Waals surface area contributed by atoms with Crippen molar-refractivity contribution in [3.8, 4) is 5.75 Å². The van der Waals surface area contributed by atoms with Crippen LogP contribution in [0.25, 0.3) is 0 Å². The molecule has 100 valence electrons. The lowest BCUT2D eigenvalue weighted by Gasteiger charge is -2.11. The first-order valence-electron chi connectivity index (χ1n) is 5.79. The van der Waals surface area contributed by atoms with E-state index >= 15 is 0 Å². The van der Waals surface area contributed by atoms with Crippen LogP contribution in [0, 0.1) is 6.92 Å². The van der Waals surface area contributed by atoms with E-state index in [0.717, 1.165) is 12.1 Å². The molecule has 0 aliphatic carbocycles. The second kappa shape index (κ2) is 7.24. The molecular weight excluding hydrogens is 252 g/mol. The molecule has 1 aromatic rings. The van der Waals surface area contributed by atoms with E-state index in [4.69, 9.17) is 16.3 Å². The van der Waals surface area contributed by atoms with Gasteiger partial charge in [0.15, 0.2) is 6.61 Å². The Morgan fingerprint density at radius 1 is 1.44 bits per heavy atom. The van der Waals surface area contributed by atoms with E-state index in [2.05, 4.69) is 5.32 Å². The molecule has 0 saturated carbocycles. The summed E-state index contributed by atoms with van der Waals surface area (Å²) in [4.78, 5) is 13.5. The third-order valence-electron chi connectivity index (χ3n) is 2.33. The molecule has 0 saturated heterocycles. The van der Waals surface area contributed by atoms with Crippen molar-refractivity contribution in [1.82, 2.24) is 10.2 Å². The Morgan fingerprint density at radius 2 is 2.17 bits per heavy atom. The number of aryl methyl sites for hydroxylation is 1. The lowest BCUT2D eigenvalue weighted by Crippen LogP contribution is -2.34. The van der Waals surface area contributed by atoms with Crippen molar-refractivity contribution in [2.45, 2.75) is 6.92 Å². The average Bonchev–Trinajstić information content (AvgIpc) is 2.30. The maximum absolute atomic E-state index is 11.5. The van der Waals surface area contributed by atoms with E-state index in [-0.39, 0.29) is 12.5 Å². The molecular formula is C13H19ClN2O2. The molecule has 0 heterocycles. The van der Waals surface area contributed by atoms with Gasteiger partial charge in [0.1, 0.15) is 5.75 Å². The predicted octanol–water partition coefficient (Wildman–Crippen LogP) is 1.71. The molecule has 1 aromatic carbocycles. The smallest absolute Gasteiger partial charge is 0.257 e. The molecule has 18 heavy (non-hydrogen) atoms. The molecule has 0 aromatic heterocycles. The van der Waals surface area contributed by atoms with Gasteiger partial charge >= 0.3 is 0 Å². The zero-order valence-electron chi connectivity index (χ0n) is 11.0. The Labute approximate surface area is 113 Å². The Balaban J connectivity index is 2.36. The van der Waals surface area contributed by atoms with Gasteiger partial charge in [-0.05, 0) is 38.7 Å². The standard InChI is InChI=1S/C13H19ClN2O2/c1-10-4-5-11(14)12(8-10)18-9-13(17)15-6-7-16(2)3/h4-5,8H,6-7,9H2,1-3H3,(H,15,17). The zero-order valence-corrected chi connectivity index (χ0v) is 11.8. The molecule has 1 N–H and O–H groups in total. The summed E-state index contributed by atoms with van der Waals surface area (Å²) >= 11 is 5.96. The number of ether oxygens (including phenoxy) is 1. The molecule has 0 spiro atoms. The number of nitrogens with zero attached hydrogens (tertiary/aromatic N) is 1. The van der Waals surface area contributed by atoms with E-state index in [9.17, 15) is 4.79 Å². The average molecular weight is 271 g/mol. The quantitative estimate of drug-likeness (QED) is 0.856. The van der Waals surface area contributed by atoms with Crippen LogP contribution < -0.4 is 10.1 Å². The van der Waals surface area contributed by atoms with Gasteiger partial charge in [0.25, 0.3) is 5.91 Å². The largest absolute Gasteiger partial charge is 0.482 e. The summed E-state index contributed by atoms with van der Waals surface area (Å²) in [5, 5.41) is 3.29. The number of benzene rings is 1. The van der Waals surface area contributed by atoms with Gasteiger partial charge in [-0.25, -0.2) is 0 Å². The molecule has 0 atom stereocenters. The molecule has 0 aliphatic rings. The van der Waals surface area contributed by atoms with Crippen LogP contribution in [0.4, 0.5) is 0 Å². The van der Waals surface area contributed by atoms with Gasteiger partial charge in [-0.2, -0.15) is 0 Å². The number of amides is 1. The highest BCUT2D eigenvalue weighted by atomic mass is 35.5. The first kappa shape index (κ1) is 14.8. The first-order chi connectivity index (χ1) is 8.49. The summed E-state index contributed by atoms with van der Waals surface area (Å²) in [5.74, 6) is 0.397. The Morgan fingerprint density at radius 3 is 2.83 bits per heavy atom. The molecule has 0 fully saturated rings. The highest BCUT2D eigenvalue weighted by Crippen LogP contribution is 2.24. The zero-order chi connectivity index (χ0) is 13.5. The Hall–Kier alpha value is -1.26. The third-order valence-corrected chi connectivity index (χ3v) is 2.64. The maximum atomic E-state index is 11.5. The van der Waals surface area contributed by atoms with Crippen LogP contribution in [0.15, 0.2) is 18.2 Å². The van der Waals surface area contributed by atoms with Gasteiger partial charge in [-0.1, -0.05) is 17.7 Å². The fourth-order valence-corrected chi connectivity index (χ4v) is 1.51. The second-order valence-electron chi connectivity index (χ2n) is 4.38. The minimum absolute atomic E-state index is 0.0173. The van der Waals surface area contributed by atoms with E-state index in [1.54, 1.807) is 6.07 Å². The lowest BCUT2D eigenvalue weighted by molar-refractivity contribution is -0.123. The summed E-state index contributed by atoms with van der Waals surface area (Å²) < 4.78 is 5.38. The summed E-state index contributed by atoms with van der Waals surface area (Å²) in [5.41, 5.74) is 1.04. The van der Waals surface area contributed by atoms with Crippen LogP contribution in [0.1, 0.15) is 5.56 Å². The van der Waals surface area contributed by atoms with Gasteiger partial charge in [0.05, 0.1) is 5.02 Å². The number of hydrogen-bond acceptors (Lipinski definition) is 3. The van der Waals surface area contributed by atoms with Gasteiger partial charge in [0.2, 0.25) is 0 Å². The summed E-state index contributed by atoms with van der Waals surface area (Å²) in [6.07, 6.45) is 0. The van der Waals surface area contributed by atoms with Gasteiger partial charge in [-0.3, -0.25) is 4.79 Å². The lowest BCUT2D eigenvalue weighted by atomic mass is 10.2. The topological polar surface area (TPSA) is 41.6 Å². The molecule has 0 unspecified atom stereocenters. The Bertz CT molecular complexity index is 408. The van der Waals surface area contributed by atoms with Crippen LogP contribution in [0.2, 0.25) is 5.02 Å². The van der Waals surface area contributed by atoms with Crippen molar-refractivity contribution in [1.29, 1.82) is 0 Å². The first-order valence-corrected chi connectivity index (χ1v) is 6.17. The number of likely N-dealkylation sites (N-methyl/N-ethyl adjacent to an activating group) is 1. The molecule has 5 heteroatoms. The van der Waals surface area contributed by atoms with Gasteiger partial charge in [-0.15, -0.1) is 0 Å². The highest BCUT2D eigenvalue weighted by Gasteiger charge is 2.05. The van der Waals surface area contributed by atoms with Crippen molar-refractivity contribution >= 4 is 17.5 Å². The van der Waals surface area contributed by atoms with Crippen molar-refractivity contribution in [2.75, 3.05) is 33.8 Å². The normalized spacial score (nSPS) is 10.5. The number of halogens is 1. The maximum Gasteiger partial charge on any atom is 0.257 e. The van der Waals surface area contributed by atoms with E-state index < -0.39 is 0 Å². The minimum atomic E-state index is -0.144. The predicted molar refractivity (Wildman–Crippen MR) is 73.2 cm³/mol. The monoisotopic (exact) mass is 270 g/mol.